The highest BCUT2D eigenvalue weighted by molar-refractivity contribution is 5.73. The van der Waals surface area contributed by atoms with Gasteiger partial charge in [-0.15, -0.1) is 0 Å². The van der Waals surface area contributed by atoms with Crippen LogP contribution in [-0.4, -0.2) is 65.6 Å². The number of hydrogen-bond acceptors (Lipinski definition) is 7. The number of ether oxygens (including phenoxy) is 1. The summed E-state index contributed by atoms with van der Waals surface area (Å²) in [5.74, 6) is 1.61. The van der Waals surface area contributed by atoms with Crippen molar-refractivity contribution < 1.29 is 18.3 Å². The van der Waals surface area contributed by atoms with Crippen LogP contribution in [0.25, 0.3) is 16.9 Å². The maximum absolute atomic E-state index is 12.0. The smallest absolute Gasteiger partial charge is 0.293 e. The Morgan fingerprint density at radius 3 is 2.77 bits per heavy atom. The molecule has 0 aliphatic carbocycles. The highest BCUT2D eigenvalue weighted by atomic mass is 16.6. The van der Waals surface area contributed by atoms with Crippen LogP contribution < -0.4 is 14.2 Å². The molecular weight excluding hydrogens is 446 g/mol. The number of hydrogen-bond donors (Lipinski definition) is 0. The molecule has 0 radical (unpaired) electrons. The van der Waals surface area contributed by atoms with Gasteiger partial charge in [0.2, 0.25) is 5.82 Å². The van der Waals surface area contributed by atoms with Crippen molar-refractivity contribution in [2.75, 3.05) is 46.2 Å². The maximum atomic E-state index is 12.0. The van der Waals surface area contributed by atoms with Gasteiger partial charge in [-0.2, -0.15) is 9.55 Å². The Bertz CT molecular complexity index is 1470. The summed E-state index contributed by atoms with van der Waals surface area (Å²) in [6.45, 7) is -1.78. The Labute approximate surface area is 208 Å². The number of rotatable bonds is 9. The number of aryl methyl sites for hydroxylation is 1. The number of nitrogens with zero attached hydrogens (tertiary/aromatic N) is 7. The van der Waals surface area contributed by atoms with E-state index in [0.717, 1.165) is 11.0 Å². The fraction of sp³-hybridized carbons (Fsp3) is 0.320. The normalized spacial score (nSPS) is 12.9. The van der Waals surface area contributed by atoms with Crippen LogP contribution in [0.5, 0.6) is 5.75 Å². The van der Waals surface area contributed by atoms with Gasteiger partial charge < -0.3 is 14.5 Å². The zero-order valence-corrected chi connectivity index (χ0v) is 20.2. The minimum absolute atomic E-state index is 0.112. The molecule has 4 rings (SSSR count). The molecule has 4 aromatic rings. The first-order valence-electron chi connectivity index (χ1n) is 12.5. The third-order valence-corrected chi connectivity index (χ3v) is 5.85. The second-order valence-electron chi connectivity index (χ2n) is 8.35. The number of anilines is 1. The van der Waals surface area contributed by atoms with Gasteiger partial charge in [0.15, 0.2) is 11.0 Å². The van der Waals surface area contributed by atoms with Gasteiger partial charge in [0.05, 0.1) is 19.1 Å². The third kappa shape index (κ3) is 5.07. The first-order chi connectivity index (χ1) is 18.0. The molecule has 0 aliphatic rings. The number of nitro benzene ring substituents is 1. The minimum Gasteiger partial charge on any atom is -0.496 e. The van der Waals surface area contributed by atoms with Crippen molar-refractivity contribution in [2.24, 2.45) is 7.05 Å². The van der Waals surface area contributed by atoms with E-state index in [1.807, 2.05) is 52.8 Å². The molecule has 2 aromatic carbocycles. The van der Waals surface area contributed by atoms with Gasteiger partial charge in [0, 0.05) is 60.6 Å². The molecular formula is C25H30N7O3+. The van der Waals surface area contributed by atoms with E-state index < -0.39 is 11.9 Å². The van der Waals surface area contributed by atoms with Crippen LogP contribution in [0, 0.1) is 10.1 Å². The van der Waals surface area contributed by atoms with Crippen molar-refractivity contribution in [3.8, 4) is 11.6 Å². The molecule has 35 heavy (non-hydrogen) atoms. The molecule has 2 heterocycles. The first kappa shape index (κ1) is 20.3. The predicted molar refractivity (Wildman–Crippen MR) is 134 cm³/mol. The fourth-order valence-electron chi connectivity index (χ4n) is 4.03. The number of methoxy groups -OCH3 is 1. The predicted octanol–water partition coefficient (Wildman–Crippen LogP) is 2.75. The minimum atomic E-state index is -2.24. The summed E-state index contributed by atoms with van der Waals surface area (Å²) in [7, 11) is 6.64. The van der Waals surface area contributed by atoms with Crippen molar-refractivity contribution in [2.45, 2.75) is 6.42 Å². The number of likely N-dealkylation sites (N-methyl/N-ethyl adjacent to an activating group) is 2. The maximum Gasteiger partial charge on any atom is 0.293 e. The Hall–Kier alpha value is -4.05. The van der Waals surface area contributed by atoms with Gasteiger partial charge in [-0.05, 0) is 26.2 Å². The molecule has 0 saturated heterocycles. The average molecular weight is 480 g/mol. The van der Waals surface area contributed by atoms with E-state index in [4.69, 9.17) is 13.8 Å². The zero-order chi connectivity index (χ0) is 27.6. The van der Waals surface area contributed by atoms with Gasteiger partial charge in [-0.3, -0.25) is 10.1 Å². The van der Waals surface area contributed by atoms with E-state index in [0.29, 0.717) is 28.6 Å². The van der Waals surface area contributed by atoms with Gasteiger partial charge in [-0.25, -0.2) is 9.55 Å². The Morgan fingerprint density at radius 1 is 1.23 bits per heavy atom. The molecule has 10 heteroatoms. The van der Waals surface area contributed by atoms with Crippen LogP contribution in [0.15, 0.2) is 55.0 Å². The summed E-state index contributed by atoms with van der Waals surface area (Å²) in [6.07, 6.45) is 3.82. The van der Waals surface area contributed by atoms with E-state index in [1.54, 1.807) is 24.2 Å². The zero-order valence-electron chi connectivity index (χ0n) is 23.2. The van der Waals surface area contributed by atoms with E-state index in [2.05, 4.69) is 4.98 Å². The number of aromatic nitrogens is 4. The second-order valence-corrected chi connectivity index (χ2v) is 8.35. The lowest BCUT2D eigenvalue weighted by Crippen LogP contribution is -2.29. The summed E-state index contributed by atoms with van der Waals surface area (Å²) in [5.41, 5.74) is 2.82. The number of para-hydroxylation sites is 2. The standard InChI is InChI=1S/C25H30N7O3/c1-28(2)12-13-29(3)21-16-23(35-5)18(14-22(21)32(33)34)15-24-26-11-10-25(27-24)31-17-30(4)19-8-6-7-9-20(19)31/h6-11,14,16-17H,12-13,15H2,1-5H3/q+1/i1D3. The highest BCUT2D eigenvalue weighted by Crippen LogP contribution is 2.35. The van der Waals surface area contributed by atoms with Gasteiger partial charge in [0.25, 0.3) is 12.0 Å². The molecule has 0 atom stereocenters. The molecule has 0 fully saturated rings. The summed E-state index contributed by atoms with van der Waals surface area (Å²) >= 11 is 0. The number of fused-ring (bicyclic) bond motifs is 1. The number of imidazole rings is 1. The fourth-order valence-corrected chi connectivity index (χ4v) is 4.03. The average Bonchev–Trinajstić information content (AvgIpc) is 3.23. The van der Waals surface area contributed by atoms with Crippen LogP contribution >= 0.6 is 0 Å². The van der Waals surface area contributed by atoms with Crippen LogP contribution in [0.3, 0.4) is 0 Å². The summed E-state index contributed by atoms with van der Waals surface area (Å²) in [5, 5.41) is 12.0. The van der Waals surface area contributed by atoms with Crippen molar-refractivity contribution in [1.82, 2.24) is 19.4 Å². The quantitative estimate of drug-likeness (QED) is 0.207. The number of benzene rings is 2. The Morgan fingerprint density at radius 2 is 2.03 bits per heavy atom. The second kappa shape index (κ2) is 10.1. The van der Waals surface area contributed by atoms with Crippen LogP contribution in [-0.2, 0) is 13.5 Å². The monoisotopic (exact) mass is 479 g/mol. The topological polar surface area (TPSA) is 93.4 Å². The van der Waals surface area contributed by atoms with Gasteiger partial charge >= 0.3 is 0 Å². The molecule has 10 nitrogen and oxygen atoms in total. The molecule has 0 unspecified atom stereocenters. The molecule has 0 saturated carbocycles. The number of nitro groups is 1. The van der Waals surface area contributed by atoms with Crippen LogP contribution in [0.2, 0.25) is 0 Å². The van der Waals surface area contributed by atoms with Gasteiger partial charge in [-0.1, -0.05) is 12.1 Å². The van der Waals surface area contributed by atoms with Crippen LogP contribution in [0.4, 0.5) is 11.4 Å². The van der Waals surface area contributed by atoms with E-state index >= 15 is 0 Å². The van der Waals surface area contributed by atoms with E-state index in [9.17, 15) is 10.1 Å². The van der Waals surface area contributed by atoms with E-state index in [1.165, 1.54) is 25.1 Å². The Balaban J connectivity index is 1.65. The lowest BCUT2D eigenvalue weighted by molar-refractivity contribution is -0.645. The molecule has 0 aliphatic heterocycles. The molecule has 182 valence electrons. The molecule has 0 spiro atoms. The first-order valence-corrected chi connectivity index (χ1v) is 11.0. The highest BCUT2D eigenvalue weighted by Gasteiger charge is 2.23. The van der Waals surface area contributed by atoms with Crippen molar-refractivity contribution in [1.29, 1.82) is 0 Å². The molecule has 2 aromatic heterocycles. The summed E-state index contributed by atoms with van der Waals surface area (Å²) in [6, 6.07) is 12.9. The largest absolute Gasteiger partial charge is 0.496 e. The Kier molecular flexibility index (Phi) is 5.84. The summed E-state index contributed by atoms with van der Waals surface area (Å²) < 4.78 is 32.1. The van der Waals surface area contributed by atoms with E-state index in [-0.39, 0.29) is 25.2 Å². The molecule has 0 N–H and O–H groups in total. The van der Waals surface area contributed by atoms with Crippen molar-refractivity contribution in [3.05, 3.63) is 76.5 Å². The van der Waals surface area contributed by atoms with Crippen molar-refractivity contribution >= 4 is 22.4 Å². The molecule has 0 amide bonds. The van der Waals surface area contributed by atoms with Crippen molar-refractivity contribution in [3.63, 3.8) is 0 Å². The SMILES string of the molecule is [2H]C([2H])([2H])N(C)CCN(C)c1cc(OC)c(Cc2nccc(-n3c[n+](C)c4ccccc43)n2)cc1[N+](=O)[O-]. The molecule has 0 bridgehead atoms. The van der Waals surface area contributed by atoms with Gasteiger partial charge in [0.1, 0.15) is 17.3 Å². The van der Waals surface area contributed by atoms with Crippen LogP contribution in [0.1, 0.15) is 15.5 Å². The lowest BCUT2D eigenvalue weighted by atomic mass is 10.1. The third-order valence-electron chi connectivity index (χ3n) is 5.85. The summed E-state index contributed by atoms with van der Waals surface area (Å²) in [4.78, 5) is 23.5. The lowest BCUT2D eigenvalue weighted by Gasteiger charge is -2.22.